The summed E-state index contributed by atoms with van der Waals surface area (Å²) in [6.45, 7) is 1.78. The van der Waals surface area contributed by atoms with Gasteiger partial charge in [-0.3, -0.25) is 10.1 Å². The molecule has 188 valence electrons. The number of halogens is 2. The molecule has 1 aromatic heterocycles. The van der Waals surface area contributed by atoms with Crippen molar-refractivity contribution in [3.63, 3.8) is 0 Å². The third kappa shape index (κ3) is 5.37. The molecule has 8 heteroatoms. The van der Waals surface area contributed by atoms with Gasteiger partial charge in [0.2, 0.25) is 0 Å². The number of anilines is 1. The second-order valence-corrected chi connectivity index (χ2v) is 11.2. The van der Waals surface area contributed by atoms with E-state index in [1.54, 1.807) is 25.1 Å². The number of nitrogens with one attached hydrogen (secondary N) is 1. The molecule has 0 radical (unpaired) electrons. The van der Waals surface area contributed by atoms with Gasteiger partial charge in [-0.25, -0.2) is 4.79 Å². The first-order valence-electron chi connectivity index (χ1n) is 11.7. The van der Waals surface area contributed by atoms with E-state index in [1.165, 1.54) is 11.3 Å². The second kappa shape index (κ2) is 10.2. The topological polar surface area (TPSA) is 75.6 Å². The molecule has 0 bridgehead atoms. The van der Waals surface area contributed by atoms with Crippen LogP contribution in [-0.4, -0.2) is 17.2 Å². The lowest BCUT2D eigenvalue weighted by Crippen LogP contribution is -2.19. The molecule has 2 N–H and O–H groups in total. The Labute approximate surface area is 228 Å². The summed E-state index contributed by atoms with van der Waals surface area (Å²) in [7, 11) is 0. The van der Waals surface area contributed by atoms with Crippen LogP contribution in [0.1, 0.15) is 37.0 Å². The van der Waals surface area contributed by atoms with Gasteiger partial charge in [-0.2, -0.15) is 0 Å². The van der Waals surface area contributed by atoms with Gasteiger partial charge in [0.1, 0.15) is 6.10 Å². The van der Waals surface area contributed by atoms with E-state index < -0.39 is 23.6 Å². The summed E-state index contributed by atoms with van der Waals surface area (Å²) in [5.74, 6) is -0.758. The minimum Gasteiger partial charge on any atom is -0.481 e. The van der Waals surface area contributed by atoms with E-state index in [1.807, 2.05) is 60.7 Å². The molecule has 0 spiro atoms. The predicted octanol–water partition coefficient (Wildman–Crippen LogP) is 8.81. The van der Waals surface area contributed by atoms with Gasteiger partial charge in [-0.05, 0) is 65.8 Å². The van der Waals surface area contributed by atoms with Crippen LogP contribution in [0, 0.1) is 0 Å². The predicted molar refractivity (Wildman–Crippen MR) is 149 cm³/mol. The first-order valence-corrected chi connectivity index (χ1v) is 13.3. The Morgan fingerprint density at radius 2 is 1.57 bits per heavy atom. The van der Waals surface area contributed by atoms with Gasteiger partial charge in [0.05, 0.1) is 20.3 Å². The summed E-state index contributed by atoms with van der Waals surface area (Å²) < 4.78 is 6.08. The third-order valence-electron chi connectivity index (χ3n) is 6.62. The molecular formula is C29H23Cl2NO4S. The van der Waals surface area contributed by atoms with Crippen LogP contribution in [0.25, 0.3) is 21.6 Å². The number of carboxylic acids is 1. The highest BCUT2D eigenvalue weighted by molar-refractivity contribution is 7.20. The van der Waals surface area contributed by atoms with E-state index in [0.29, 0.717) is 27.9 Å². The van der Waals surface area contributed by atoms with Crippen LogP contribution in [0.15, 0.2) is 78.9 Å². The number of amides is 1. The number of carbonyl (C=O) groups is 2. The van der Waals surface area contributed by atoms with E-state index in [0.717, 1.165) is 32.7 Å². The van der Waals surface area contributed by atoms with Crippen molar-refractivity contribution in [2.75, 3.05) is 5.32 Å². The second-order valence-electron chi connectivity index (χ2n) is 9.06. The molecule has 1 aliphatic carbocycles. The fourth-order valence-corrected chi connectivity index (χ4v) is 5.73. The Hall–Kier alpha value is -3.32. The Bertz CT molecular complexity index is 1460. The molecule has 5 nitrogen and oxygen atoms in total. The van der Waals surface area contributed by atoms with Crippen LogP contribution in [0.5, 0.6) is 0 Å². The van der Waals surface area contributed by atoms with Crippen molar-refractivity contribution < 1.29 is 19.4 Å². The number of carbonyl (C=O) groups excluding carboxylic acids is 1. The summed E-state index contributed by atoms with van der Waals surface area (Å²) in [6, 6.07) is 24.5. The molecule has 1 fully saturated rings. The smallest absolute Gasteiger partial charge is 0.412 e. The molecule has 3 aromatic carbocycles. The molecule has 0 saturated heterocycles. The summed E-state index contributed by atoms with van der Waals surface area (Å²) in [5.41, 5.74) is 4.40. The SMILES string of the molecule is C[C@@H](OC(=O)Nc1cc(Cl)sc1-c1ccc(-c2ccc(C3(C(=O)O)CC3)cc2)cc1)c1cccc(Cl)c1. The molecule has 1 saturated carbocycles. The maximum absolute atomic E-state index is 12.6. The number of thiophene rings is 1. The van der Waals surface area contributed by atoms with Crippen molar-refractivity contribution in [1.29, 1.82) is 0 Å². The van der Waals surface area contributed by atoms with Gasteiger partial charge in [-0.1, -0.05) is 83.9 Å². The number of aliphatic carboxylic acids is 1. The number of benzene rings is 3. The Morgan fingerprint density at radius 1 is 0.946 bits per heavy atom. The quantitative estimate of drug-likeness (QED) is 0.240. The summed E-state index contributed by atoms with van der Waals surface area (Å²) in [4.78, 5) is 25.0. The first-order chi connectivity index (χ1) is 17.7. The zero-order valence-corrected chi connectivity index (χ0v) is 22.2. The molecule has 1 aliphatic rings. The highest BCUT2D eigenvalue weighted by atomic mass is 35.5. The third-order valence-corrected chi connectivity index (χ3v) is 8.17. The van der Waals surface area contributed by atoms with Crippen LogP contribution in [0.2, 0.25) is 9.36 Å². The maximum Gasteiger partial charge on any atom is 0.412 e. The van der Waals surface area contributed by atoms with E-state index in [2.05, 4.69) is 5.32 Å². The van der Waals surface area contributed by atoms with E-state index >= 15 is 0 Å². The van der Waals surface area contributed by atoms with Crippen molar-refractivity contribution >= 4 is 52.3 Å². The fourth-order valence-electron chi connectivity index (χ4n) is 4.34. The number of hydrogen-bond acceptors (Lipinski definition) is 4. The van der Waals surface area contributed by atoms with Gasteiger partial charge in [0.25, 0.3) is 0 Å². The van der Waals surface area contributed by atoms with E-state index in [4.69, 9.17) is 27.9 Å². The van der Waals surface area contributed by atoms with Crippen molar-refractivity contribution in [3.8, 4) is 21.6 Å². The summed E-state index contributed by atoms with van der Waals surface area (Å²) in [6.07, 6.45) is 0.300. The lowest BCUT2D eigenvalue weighted by molar-refractivity contribution is -0.140. The summed E-state index contributed by atoms with van der Waals surface area (Å²) >= 11 is 13.7. The van der Waals surface area contributed by atoms with Crippen molar-refractivity contribution in [1.82, 2.24) is 0 Å². The highest BCUT2D eigenvalue weighted by Crippen LogP contribution is 2.48. The molecule has 1 amide bonds. The summed E-state index contributed by atoms with van der Waals surface area (Å²) in [5, 5.41) is 12.9. The fraction of sp³-hybridized carbons (Fsp3) is 0.172. The molecule has 37 heavy (non-hydrogen) atoms. The Morgan fingerprint density at radius 3 is 2.16 bits per heavy atom. The van der Waals surface area contributed by atoms with Gasteiger partial charge >= 0.3 is 12.1 Å². The Balaban J connectivity index is 1.30. The molecule has 5 rings (SSSR count). The van der Waals surface area contributed by atoms with Crippen molar-refractivity contribution in [2.24, 2.45) is 0 Å². The van der Waals surface area contributed by atoms with Gasteiger partial charge in [0, 0.05) is 5.02 Å². The van der Waals surface area contributed by atoms with E-state index in [9.17, 15) is 14.7 Å². The average Bonchev–Trinajstić information content (AvgIpc) is 3.62. The zero-order valence-electron chi connectivity index (χ0n) is 19.8. The van der Waals surface area contributed by atoms with Gasteiger partial charge in [-0.15, -0.1) is 11.3 Å². The van der Waals surface area contributed by atoms with Crippen LogP contribution in [0.3, 0.4) is 0 Å². The largest absolute Gasteiger partial charge is 0.481 e. The Kier molecular flexibility index (Phi) is 6.99. The van der Waals surface area contributed by atoms with Crippen LogP contribution < -0.4 is 5.32 Å². The molecule has 1 atom stereocenters. The minimum absolute atomic E-state index is 0.479. The molecular weight excluding hydrogens is 529 g/mol. The minimum atomic E-state index is -0.758. The average molecular weight is 552 g/mol. The van der Waals surface area contributed by atoms with Crippen molar-refractivity contribution in [2.45, 2.75) is 31.3 Å². The van der Waals surface area contributed by atoms with Crippen LogP contribution in [-0.2, 0) is 14.9 Å². The standard InChI is InChI=1S/C29H23Cl2NO4S/c1-17(21-3-2-4-23(30)15-21)36-28(35)32-24-16-25(31)37-26(24)20-7-5-18(6-8-20)19-9-11-22(12-10-19)29(13-14-29)27(33)34/h2-12,15-17H,13-14H2,1H3,(H,32,35)(H,33,34)/t17-/m1/s1. The maximum atomic E-state index is 12.6. The lowest BCUT2D eigenvalue weighted by atomic mass is 9.93. The molecule has 4 aromatic rings. The number of carboxylic acid groups (broad SMARTS) is 1. The number of hydrogen-bond donors (Lipinski definition) is 2. The van der Waals surface area contributed by atoms with Gasteiger partial charge < -0.3 is 9.84 Å². The lowest BCUT2D eigenvalue weighted by Gasteiger charge is -2.15. The first kappa shape index (κ1) is 25.3. The molecule has 0 unspecified atom stereocenters. The number of ether oxygens (including phenoxy) is 1. The zero-order chi connectivity index (χ0) is 26.2. The van der Waals surface area contributed by atoms with Crippen molar-refractivity contribution in [3.05, 3.63) is 99.3 Å². The molecule has 0 aliphatic heterocycles. The van der Waals surface area contributed by atoms with E-state index in [-0.39, 0.29) is 0 Å². The van der Waals surface area contributed by atoms with Crippen LogP contribution >= 0.6 is 34.5 Å². The normalized spacial score (nSPS) is 14.6. The highest BCUT2D eigenvalue weighted by Gasteiger charge is 2.51. The monoisotopic (exact) mass is 551 g/mol. The molecule has 1 heterocycles. The number of rotatable bonds is 7. The van der Waals surface area contributed by atoms with Crippen LogP contribution in [0.4, 0.5) is 10.5 Å². The van der Waals surface area contributed by atoms with Gasteiger partial charge in [0.15, 0.2) is 0 Å².